The van der Waals surface area contributed by atoms with E-state index in [4.69, 9.17) is 0 Å². The van der Waals surface area contributed by atoms with Gasteiger partial charge in [0, 0.05) is 13.3 Å². The minimum Gasteiger partial charge on any atom is -0.296 e. The number of nitrogens with zero attached hydrogens (tertiary/aromatic N) is 1. The number of benzene rings is 1. The lowest BCUT2D eigenvalue weighted by molar-refractivity contribution is 0.643. The molecule has 0 spiro atoms. The monoisotopic (exact) mass is 307 g/mol. The van der Waals surface area contributed by atoms with Crippen molar-refractivity contribution in [3.05, 3.63) is 71.8 Å². The zero-order chi connectivity index (χ0) is 17.4. The summed E-state index contributed by atoms with van der Waals surface area (Å²) in [4.78, 5) is 4.13. The lowest BCUT2D eigenvalue weighted by Crippen LogP contribution is -1.96. The summed E-state index contributed by atoms with van der Waals surface area (Å²) in [5.41, 5.74) is 7.37. The number of aliphatic imine (C=N–C) groups is 1. The average molecular weight is 307 g/mol. The second-order valence-corrected chi connectivity index (χ2v) is 6.27. The quantitative estimate of drug-likeness (QED) is 0.416. The van der Waals surface area contributed by atoms with Crippen LogP contribution in [0.1, 0.15) is 43.9 Å². The third-order valence-corrected chi connectivity index (χ3v) is 3.79. The largest absolute Gasteiger partial charge is 0.296 e. The third kappa shape index (κ3) is 5.21. The molecule has 0 radical (unpaired) electrons. The Labute approximate surface area is 141 Å². The minimum absolute atomic E-state index is 0.646. The van der Waals surface area contributed by atoms with Crippen LogP contribution in [-0.2, 0) is 0 Å². The second kappa shape index (κ2) is 9.09. The Morgan fingerprint density at radius 1 is 1.26 bits per heavy atom. The van der Waals surface area contributed by atoms with E-state index >= 15 is 0 Å². The van der Waals surface area contributed by atoms with Crippen molar-refractivity contribution in [1.29, 1.82) is 0 Å². The standard InChI is InChI=1S/C22H29N/c1-8-10-20(15-23-7)19-11-12-22(18(6)14-19)21(9-2)17(5)13-16(3)4/h8-12,14-16H,1-2,13H2,3-7H3/b20-10+,21-17+,23-15?. The molecule has 0 saturated carbocycles. The highest BCUT2D eigenvalue weighted by atomic mass is 14.6. The molecule has 0 aliphatic carbocycles. The second-order valence-electron chi connectivity index (χ2n) is 6.27. The molecule has 23 heavy (non-hydrogen) atoms. The van der Waals surface area contributed by atoms with Gasteiger partial charge in [-0.15, -0.1) is 0 Å². The number of hydrogen-bond acceptors (Lipinski definition) is 1. The zero-order valence-electron chi connectivity index (χ0n) is 15.2. The predicted octanol–water partition coefficient (Wildman–Crippen LogP) is 6.27. The van der Waals surface area contributed by atoms with Gasteiger partial charge in [0.2, 0.25) is 0 Å². The molecule has 1 aromatic rings. The molecule has 0 atom stereocenters. The number of rotatable bonds is 7. The maximum atomic E-state index is 4.13. The van der Waals surface area contributed by atoms with Gasteiger partial charge in [-0.3, -0.25) is 4.99 Å². The van der Waals surface area contributed by atoms with Crippen molar-refractivity contribution >= 4 is 17.4 Å². The zero-order valence-corrected chi connectivity index (χ0v) is 15.2. The van der Waals surface area contributed by atoms with E-state index in [-0.39, 0.29) is 0 Å². The SMILES string of the molecule is C=C/C=C(\C=NC)c1ccc(/C(C=C)=C(\C)CC(C)C)c(C)c1. The van der Waals surface area contributed by atoms with Crippen LogP contribution in [0, 0.1) is 12.8 Å². The maximum Gasteiger partial charge on any atom is 0.0287 e. The summed E-state index contributed by atoms with van der Waals surface area (Å²) in [6.45, 7) is 16.7. The minimum atomic E-state index is 0.646. The van der Waals surface area contributed by atoms with Crippen LogP contribution in [0.2, 0.25) is 0 Å². The van der Waals surface area contributed by atoms with Crippen molar-refractivity contribution in [2.75, 3.05) is 7.05 Å². The molecule has 0 aliphatic rings. The van der Waals surface area contributed by atoms with Crippen LogP contribution >= 0.6 is 0 Å². The first kappa shape index (κ1) is 18.9. The summed E-state index contributed by atoms with van der Waals surface area (Å²) >= 11 is 0. The van der Waals surface area contributed by atoms with Gasteiger partial charge in [0.05, 0.1) is 0 Å². The summed E-state index contributed by atoms with van der Waals surface area (Å²) in [6, 6.07) is 6.54. The molecule has 1 heteroatoms. The van der Waals surface area contributed by atoms with Gasteiger partial charge in [-0.2, -0.15) is 0 Å². The Morgan fingerprint density at radius 3 is 2.43 bits per heavy atom. The van der Waals surface area contributed by atoms with Crippen LogP contribution < -0.4 is 0 Å². The molecule has 0 amide bonds. The highest BCUT2D eigenvalue weighted by molar-refractivity contribution is 6.10. The summed E-state index contributed by atoms with van der Waals surface area (Å²) in [5.74, 6) is 0.646. The van der Waals surface area contributed by atoms with E-state index in [0.29, 0.717) is 5.92 Å². The van der Waals surface area contributed by atoms with Crippen LogP contribution in [0.25, 0.3) is 11.1 Å². The average Bonchev–Trinajstić information content (AvgIpc) is 2.48. The fraction of sp³-hybridized carbons (Fsp3) is 0.318. The van der Waals surface area contributed by atoms with Crippen molar-refractivity contribution in [2.45, 2.75) is 34.1 Å². The fourth-order valence-electron chi connectivity index (χ4n) is 2.86. The molecule has 0 unspecified atom stereocenters. The molecule has 0 aromatic heterocycles. The van der Waals surface area contributed by atoms with Gasteiger partial charge in [-0.05, 0) is 54.0 Å². The molecule has 1 rings (SSSR count). The van der Waals surface area contributed by atoms with Gasteiger partial charge in [-0.1, -0.05) is 69.0 Å². The summed E-state index contributed by atoms with van der Waals surface area (Å²) < 4.78 is 0. The highest BCUT2D eigenvalue weighted by Gasteiger charge is 2.09. The van der Waals surface area contributed by atoms with Crippen LogP contribution in [0.3, 0.4) is 0 Å². The topological polar surface area (TPSA) is 12.4 Å². The first-order valence-electron chi connectivity index (χ1n) is 8.13. The van der Waals surface area contributed by atoms with Crippen LogP contribution in [0.4, 0.5) is 0 Å². The van der Waals surface area contributed by atoms with Crippen LogP contribution in [0.5, 0.6) is 0 Å². The summed E-state index contributed by atoms with van der Waals surface area (Å²) in [6.07, 6.45) is 8.71. The lowest BCUT2D eigenvalue weighted by Gasteiger charge is -2.15. The van der Waals surface area contributed by atoms with Crippen molar-refractivity contribution in [3.63, 3.8) is 0 Å². The molecular formula is C22H29N. The number of allylic oxidation sites excluding steroid dienone is 6. The van der Waals surface area contributed by atoms with Crippen LogP contribution in [0.15, 0.2) is 60.2 Å². The fourth-order valence-corrected chi connectivity index (χ4v) is 2.86. The summed E-state index contributed by atoms with van der Waals surface area (Å²) in [7, 11) is 1.78. The van der Waals surface area contributed by atoms with Crippen molar-refractivity contribution in [3.8, 4) is 0 Å². The van der Waals surface area contributed by atoms with E-state index in [0.717, 1.165) is 17.6 Å². The number of aryl methyl sites for hydroxylation is 1. The van der Waals surface area contributed by atoms with E-state index in [2.05, 4.69) is 64.0 Å². The molecule has 0 aliphatic heterocycles. The summed E-state index contributed by atoms with van der Waals surface area (Å²) in [5, 5.41) is 0. The Hall–Kier alpha value is -2.15. The van der Waals surface area contributed by atoms with Gasteiger partial charge in [-0.25, -0.2) is 0 Å². The lowest BCUT2D eigenvalue weighted by atomic mass is 9.90. The van der Waals surface area contributed by atoms with Crippen LogP contribution in [-0.4, -0.2) is 13.3 Å². The predicted molar refractivity (Wildman–Crippen MR) is 106 cm³/mol. The van der Waals surface area contributed by atoms with Gasteiger partial charge < -0.3 is 0 Å². The molecule has 1 aromatic carbocycles. The van der Waals surface area contributed by atoms with E-state index in [9.17, 15) is 0 Å². The van der Waals surface area contributed by atoms with E-state index < -0.39 is 0 Å². The van der Waals surface area contributed by atoms with Crippen molar-refractivity contribution in [1.82, 2.24) is 0 Å². The van der Waals surface area contributed by atoms with Crippen molar-refractivity contribution in [2.24, 2.45) is 10.9 Å². The highest BCUT2D eigenvalue weighted by Crippen LogP contribution is 2.28. The molecule has 1 nitrogen and oxygen atoms in total. The Morgan fingerprint density at radius 2 is 1.96 bits per heavy atom. The first-order chi connectivity index (χ1) is 10.9. The van der Waals surface area contributed by atoms with Crippen molar-refractivity contribution < 1.29 is 0 Å². The Balaban J connectivity index is 3.34. The maximum absolute atomic E-state index is 4.13. The smallest absolute Gasteiger partial charge is 0.0287 e. The van der Waals surface area contributed by atoms with Gasteiger partial charge in [0.15, 0.2) is 0 Å². The molecular weight excluding hydrogens is 278 g/mol. The van der Waals surface area contributed by atoms with Gasteiger partial charge in [0.25, 0.3) is 0 Å². The molecule has 0 saturated heterocycles. The first-order valence-corrected chi connectivity index (χ1v) is 8.13. The molecule has 122 valence electrons. The van der Waals surface area contributed by atoms with E-state index in [1.807, 2.05) is 18.4 Å². The normalized spacial score (nSPS) is 13.4. The molecule has 0 fully saturated rings. The molecule has 0 N–H and O–H groups in total. The van der Waals surface area contributed by atoms with Gasteiger partial charge >= 0.3 is 0 Å². The molecule has 0 heterocycles. The van der Waals surface area contributed by atoms with E-state index in [1.54, 1.807) is 13.1 Å². The number of hydrogen-bond donors (Lipinski definition) is 0. The molecule has 0 bridgehead atoms. The third-order valence-electron chi connectivity index (χ3n) is 3.79. The van der Waals surface area contributed by atoms with Gasteiger partial charge in [0.1, 0.15) is 0 Å². The Kier molecular flexibility index (Phi) is 7.47. The van der Waals surface area contributed by atoms with E-state index in [1.165, 1.54) is 22.3 Å². The Bertz CT molecular complexity index is 655.